The van der Waals surface area contributed by atoms with E-state index in [1.807, 2.05) is 42.8 Å². The van der Waals surface area contributed by atoms with Crippen LogP contribution in [0.25, 0.3) is 10.9 Å². The number of benzene rings is 1. The summed E-state index contributed by atoms with van der Waals surface area (Å²) in [6.45, 7) is 4.64. The van der Waals surface area contributed by atoms with Gasteiger partial charge in [-0.3, -0.25) is 0 Å². The number of fused-ring (bicyclic) bond motifs is 1. The first-order valence-corrected chi connectivity index (χ1v) is 11.7. The van der Waals surface area contributed by atoms with Crippen molar-refractivity contribution in [1.82, 2.24) is 20.2 Å². The van der Waals surface area contributed by atoms with Gasteiger partial charge in [-0.25, -0.2) is 14.6 Å². The van der Waals surface area contributed by atoms with E-state index in [1.54, 1.807) is 18.0 Å². The number of aliphatic hydroxyl groups is 1. The summed E-state index contributed by atoms with van der Waals surface area (Å²) in [6.07, 6.45) is 4.35. The summed E-state index contributed by atoms with van der Waals surface area (Å²) >= 11 is 1.42. The Bertz CT molecular complexity index is 1070. The van der Waals surface area contributed by atoms with Crippen LogP contribution in [0.1, 0.15) is 43.2 Å². The maximum Gasteiger partial charge on any atom is 0.329 e. The molecule has 1 aliphatic rings. The number of likely N-dealkylation sites (tertiary alicyclic amines) is 1. The Balaban J connectivity index is 1.48. The number of urea groups is 1. The number of thiazole rings is 1. The second-order valence-corrected chi connectivity index (χ2v) is 9.01. The summed E-state index contributed by atoms with van der Waals surface area (Å²) in [6, 6.07) is 6.69. The van der Waals surface area contributed by atoms with Gasteiger partial charge >= 0.3 is 12.0 Å². The van der Waals surface area contributed by atoms with Crippen LogP contribution in [0, 0.1) is 0 Å². The van der Waals surface area contributed by atoms with Gasteiger partial charge in [0.25, 0.3) is 0 Å². The number of hydrogen-bond acceptors (Lipinski definition) is 6. The number of piperidine rings is 1. The highest BCUT2D eigenvalue weighted by Gasteiger charge is 2.39. The van der Waals surface area contributed by atoms with Gasteiger partial charge in [0.2, 0.25) is 0 Å². The number of para-hydroxylation sites is 1. The van der Waals surface area contributed by atoms with Gasteiger partial charge in [-0.2, -0.15) is 0 Å². The van der Waals surface area contributed by atoms with Crippen LogP contribution in [0.3, 0.4) is 0 Å². The van der Waals surface area contributed by atoms with E-state index in [1.165, 1.54) is 11.3 Å². The van der Waals surface area contributed by atoms with E-state index in [0.29, 0.717) is 30.9 Å². The number of nitrogens with one attached hydrogen (secondary N) is 2. The minimum absolute atomic E-state index is 0.233. The molecule has 0 spiro atoms. The average molecular weight is 457 g/mol. The monoisotopic (exact) mass is 456 g/mol. The van der Waals surface area contributed by atoms with Gasteiger partial charge in [0, 0.05) is 60.5 Å². The molecule has 8 nitrogen and oxygen atoms in total. The summed E-state index contributed by atoms with van der Waals surface area (Å²) in [7, 11) is 0. The predicted molar refractivity (Wildman–Crippen MR) is 122 cm³/mol. The largest absolute Gasteiger partial charge is 0.464 e. The number of rotatable bonds is 6. The van der Waals surface area contributed by atoms with Gasteiger partial charge in [0.05, 0.1) is 6.61 Å². The predicted octanol–water partition coefficient (Wildman–Crippen LogP) is 3.35. The zero-order chi connectivity index (χ0) is 22.7. The van der Waals surface area contributed by atoms with Crippen LogP contribution in [-0.2, 0) is 15.1 Å². The molecule has 2 atom stereocenters. The Kier molecular flexibility index (Phi) is 6.48. The van der Waals surface area contributed by atoms with Crippen molar-refractivity contribution >= 4 is 34.2 Å². The van der Waals surface area contributed by atoms with Gasteiger partial charge in [-0.15, -0.1) is 11.3 Å². The molecule has 3 aromatic rings. The smallest absolute Gasteiger partial charge is 0.329 e. The van der Waals surface area contributed by atoms with Crippen molar-refractivity contribution in [3.63, 3.8) is 0 Å². The van der Waals surface area contributed by atoms with Crippen molar-refractivity contribution in [1.29, 1.82) is 0 Å². The number of ether oxygens (including phenoxy) is 1. The highest BCUT2D eigenvalue weighted by molar-refractivity contribution is 7.09. The lowest BCUT2D eigenvalue weighted by molar-refractivity contribution is -0.146. The molecular formula is C23H28N4O4S. The third-order valence-corrected chi connectivity index (χ3v) is 7.11. The minimum atomic E-state index is -1.01. The van der Waals surface area contributed by atoms with E-state index in [2.05, 4.69) is 15.3 Å². The molecule has 1 aromatic carbocycles. The van der Waals surface area contributed by atoms with Crippen LogP contribution in [0.15, 0.2) is 42.0 Å². The Labute approximate surface area is 190 Å². The van der Waals surface area contributed by atoms with E-state index < -0.39 is 17.6 Å². The highest BCUT2D eigenvalue weighted by Crippen LogP contribution is 2.34. The van der Waals surface area contributed by atoms with E-state index in [-0.39, 0.29) is 18.6 Å². The summed E-state index contributed by atoms with van der Waals surface area (Å²) < 4.78 is 5.28. The molecule has 9 heteroatoms. The number of hydrogen-bond donors (Lipinski definition) is 3. The van der Waals surface area contributed by atoms with Gasteiger partial charge in [-0.05, 0) is 18.6 Å². The average Bonchev–Trinajstić information content (AvgIpc) is 3.48. The van der Waals surface area contributed by atoms with Crippen molar-refractivity contribution in [3.05, 3.63) is 52.6 Å². The molecule has 32 heavy (non-hydrogen) atoms. The van der Waals surface area contributed by atoms with Gasteiger partial charge in [0.15, 0.2) is 0 Å². The van der Waals surface area contributed by atoms with Crippen LogP contribution in [0.4, 0.5) is 4.79 Å². The molecule has 0 radical (unpaired) electrons. The zero-order valence-electron chi connectivity index (χ0n) is 18.2. The third-order valence-electron chi connectivity index (χ3n) is 6.14. The van der Waals surface area contributed by atoms with Crippen molar-refractivity contribution < 1.29 is 19.4 Å². The normalized spacial score (nSPS) is 17.7. The Morgan fingerprint density at radius 2 is 2.09 bits per heavy atom. The lowest BCUT2D eigenvalue weighted by Crippen LogP contribution is -2.54. The van der Waals surface area contributed by atoms with Crippen molar-refractivity contribution in [2.45, 2.75) is 44.2 Å². The fourth-order valence-electron chi connectivity index (χ4n) is 4.24. The molecule has 1 saturated heterocycles. The summed E-state index contributed by atoms with van der Waals surface area (Å²) in [5, 5.41) is 17.3. The van der Waals surface area contributed by atoms with Gasteiger partial charge < -0.3 is 25.0 Å². The highest BCUT2D eigenvalue weighted by atomic mass is 32.1. The molecule has 1 aliphatic heterocycles. The van der Waals surface area contributed by atoms with Crippen LogP contribution in [-0.4, -0.2) is 57.7 Å². The summed E-state index contributed by atoms with van der Waals surface area (Å²) in [4.78, 5) is 34.9. The molecule has 3 N–H and O–H groups in total. The maximum atomic E-state index is 13.1. The minimum Gasteiger partial charge on any atom is -0.464 e. The van der Waals surface area contributed by atoms with Gasteiger partial charge in [0.1, 0.15) is 16.7 Å². The molecule has 3 heterocycles. The molecule has 4 rings (SSSR count). The lowest BCUT2D eigenvalue weighted by Gasteiger charge is -2.37. The number of aromatic nitrogens is 2. The van der Waals surface area contributed by atoms with Crippen molar-refractivity contribution in [3.8, 4) is 0 Å². The number of carbonyl (C=O) groups excluding carboxylic acids is 2. The van der Waals surface area contributed by atoms with Crippen LogP contribution in [0.2, 0.25) is 0 Å². The molecule has 2 amide bonds. The second-order valence-electron chi connectivity index (χ2n) is 8.11. The summed E-state index contributed by atoms with van der Waals surface area (Å²) in [5.41, 5.74) is 0.902. The standard InChI is InChI=1S/C23H28N4O4S/c1-3-31-20(28)19(15(2)17-14-25-18-7-5-4-6-16(17)18)26-22(29)27-11-8-23(30,9-12-27)21-24-10-13-32-21/h4-7,10,13-15,19,25,30H,3,8-9,11-12H2,1-2H3,(H,26,29)/t15-,19+/m0/s1. The number of nitrogens with zero attached hydrogens (tertiary/aromatic N) is 2. The third kappa shape index (κ3) is 4.35. The summed E-state index contributed by atoms with van der Waals surface area (Å²) in [5.74, 6) is -0.763. The lowest BCUT2D eigenvalue weighted by atomic mass is 9.91. The Morgan fingerprint density at radius 3 is 2.78 bits per heavy atom. The van der Waals surface area contributed by atoms with E-state index in [4.69, 9.17) is 4.74 Å². The molecule has 1 fully saturated rings. The van der Waals surface area contributed by atoms with Crippen LogP contribution < -0.4 is 5.32 Å². The number of aromatic amines is 1. The maximum absolute atomic E-state index is 13.1. The number of carbonyl (C=O) groups is 2. The molecule has 2 aromatic heterocycles. The fraction of sp³-hybridized carbons (Fsp3) is 0.435. The van der Waals surface area contributed by atoms with E-state index in [9.17, 15) is 14.7 Å². The molecule has 0 aliphatic carbocycles. The first kappa shape index (κ1) is 22.3. The number of esters is 1. The van der Waals surface area contributed by atoms with E-state index >= 15 is 0 Å². The SMILES string of the molecule is CCOC(=O)[C@H](NC(=O)N1CCC(O)(c2nccs2)CC1)[C@@H](C)c1c[nH]c2ccccc12. The van der Waals surface area contributed by atoms with Crippen LogP contribution in [0.5, 0.6) is 0 Å². The van der Waals surface area contributed by atoms with Gasteiger partial charge in [-0.1, -0.05) is 25.1 Å². The first-order chi connectivity index (χ1) is 15.4. The van der Waals surface area contributed by atoms with Crippen molar-refractivity contribution in [2.75, 3.05) is 19.7 Å². The number of amides is 2. The Morgan fingerprint density at radius 1 is 1.34 bits per heavy atom. The quantitative estimate of drug-likeness (QED) is 0.493. The Hall–Kier alpha value is -2.91. The molecule has 0 bridgehead atoms. The zero-order valence-corrected chi connectivity index (χ0v) is 19.0. The van der Waals surface area contributed by atoms with Crippen molar-refractivity contribution in [2.24, 2.45) is 0 Å². The first-order valence-electron chi connectivity index (χ1n) is 10.8. The van der Waals surface area contributed by atoms with E-state index in [0.717, 1.165) is 16.5 Å². The molecular weight excluding hydrogens is 428 g/mol. The molecule has 0 saturated carbocycles. The van der Waals surface area contributed by atoms with Crippen LogP contribution >= 0.6 is 11.3 Å². The number of H-pyrrole nitrogens is 1. The fourth-order valence-corrected chi connectivity index (χ4v) is 5.04. The second kappa shape index (κ2) is 9.30. The molecule has 170 valence electrons. The topological polar surface area (TPSA) is 108 Å². The molecule has 0 unspecified atom stereocenters.